The first kappa shape index (κ1) is 22.9. The first-order valence-electron chi connectivity index (χ1n) is 7.77. The van der Waals surface area contributed by atoms with E-state index in [2.05, 4.69) is 15.6 Å². The van der Waals surface area contributed by atoms with E-state index in [4.69, 9.17) is 5.73 Å². The number of thiazole rings is 1. The lowest BCUT2D eigenvalue weighted by Crippen LogP contribution is -2.36. The number of thioether (sulfide) groups is 1. The second kappa shape index (κ2) is 10.9. The Bertz CT molecular complexity index is 748. The molecule has 0 aliphatic carbocycles. The predicted octanol–water partition coefficient (Wildman–Crippen LogP) is 3.26. The second-order valence-corrected chi connectivity index (χ2v) is 8.83. The van der Waals surface area contributed by atoms with E-state index < -0.39 is 6.04 Å². The molecule has 4 N–H and O–H groups in total. The van der Waals surface area contributed by atoms with Crippen molar-refractivity contribution in [2.45, 2.75) is 32.9 Å². The summed E-state index contributed by atoms with van der Waals surface area (Å²) in [4.78, 5) is 30.8. The summed E-state index contributed by atoms with van der Waals surface area (Å²) < 4.78 is 0. The molecule has 2 rings (SSSR count). The summed E-state index contributed by atoms with van der Waals surface area (Å²) in [5.41, 5.74) is 6.75. The highest BCUT2D eigenvalue weighted by molar-refractivity contribution is 7.98. The maximum absolute atomic E-state index is 12.1. The van der Waals surface area contributed by atoms with E-state index in [1.54, 1.807) is 23.1 Å². The minimum absolute atomic E-state index is 0. The number of anilines is 1. The van der Waals surface area contributed by atoms with Crippen molar-refractivity contribution >= 4 is 63.8 Å². The molecule has 10 heteroatoms. The maximum atomic E-state index is 12.1. The smallest absolute Gasteiger partial charge is 0.243 e. The fraction of sp³-hybridized carbons (Fsp3) is 0.438. The number of carbonyl (C=O) groups excluding carboxylic acids is 2. The molecule has 0 saturated carbocycles. The van der Waals surface area contributed by atoms with Gasteiger partial charge in [-0.1, -0.05) is 0 Å². The molecule has 6 nitrogen and oxygen atoms in total. The van der Waals surface area contributed by atoms with Crippen molar-refractivity contribution in [1.29, 1.82) is 0 Å². The van der Waals surface area contributed by atoms with Gasteiger partial charge in [0.05, 0.1) is 23.2 Å². The molecule has 0 bridgehead atoms. The Labute approximate surface area is 171 Å². The minimum atomic E-state index is -0.522. The molecule has 0 fully saturated rings. The highest BCUT2D eigenvalue weighted by atomic mass is 35.5. The number of aryl methyl sites for hydroxylation is 1. The van der Waals surface area contributed by atoms with Crippen LogP contribution in [0, 0.1) is 6.92 Å². The second-order valence-electron chi connectivity index (χ2n) is 5.48. The van der Waals surface area contributed by atoms with E-state index in [9.17, 15) is 9.59 Å². The highest BCUT2D eigenvalue weighted by Crippen LogP contribution is 2.34. The van der Waals surface area contributed by atoms with Crippen LogP contribution in [0.2, 0.25) is 0 Å². The Morgan fingerprint density at radius 2 is 2.08 bits per heavy atom. The van der Waals surface area contributed by atoms with E-state index in [1.165, 1.54) is 18.3 Å². The number of thiophene rings is 1. The number of halogens is 1. The minimum Gasteiger partial charge on any atom is -0.351 e. The zero-order chi connectivity index (χ0) is 18.4. The summed E-state index contributed by atoms with van der Waals surface area (Å²) in [5, 5.41) is 6.16. The predicted molar refractivity (Wildman–Crippen MR) is 115 cm³/mol. The Morgan fingerprint density at radius 3 is 2.73 bits per heavy atom. The fourth-order valence-electron chi connectivity index (χ4n) is 2.06. The van der Waals surface area contributed by atoms with Gasteiger partial charge in [-0.15, -0.1) is 35.1 Å². The van der Waals surface area contributed by atoms with Crippen LogP contribution in [0.25, 0.3) is 10.6 Å². The summed E-state index contributed by atoms with van der Waals surface area (Å²) >= 11 is 4.69. The van der Waals surface area contributed by atoms with Crippen LogP contribution in [-0.2, 0) is 16.1 Å². The summed E-state index contributed by atoms with van der Waals surface area (Å²) in [6.07, 6.45) is 2.63. The lowest BCUT2D eigenvalue weighted by molar-refractivity contribution is -0.119. The molecule has 2 heterocycles. The van der Waals surface area contributed by atoms with Crippen LogP contribution in [0.5, 0.6) is 0 Å². The molecule has 0 aliphatic heterocycles. The van der Waals surface area contributed by atoms with E-state index >= 15 is 0 Å². The average Bonchev–Trinajstić information content (AvgIpc) is 3.16. The monoisotopic (exact) mass is 434 g/mol. The van der Waals surface area contributed by atoms with Gasteiger partial charge < -0.3 is 16.4 Å². The quantitative estimate of drug-likeness (QED) is 0.592. The Balaban J connectivity index is 0.00000338. The van der Waals surface area contributed by atoms with Crippen LogP contribution in [0.1, 0.15) is 23.1 Å². The average molecular weight is 435 g/mol. The zero-order valence-corrected chi connectivity index (χ0v) is 18.1. The zero-order valence-electron chi connectivity index (χ0n) is 14.8. The van der Waals surface area contributed by atoms with Gasteiger partial charge >= 0.3 is 0 Å². The standard InChI is InChI=1S/C16H22N4O2S3.ClH/c1-9-14(13-5-4-11(25-13)8-18-10(2)21)19-16(24-9)20-15(22)12(17)6-7-23-3;/h4-5,12H,6-8,17H2,1-3H3,(H,18,21)(H,19,20,22);1H/t12-;/m0./s1. The molecule has 1 atom stereocenters. The molecule has 2 amide bonds. The van der Waals surface area contributed by atoms with Gasteiger partial charge in [-0.25, -0.2) is 4.98 Å². The number of rotatable bonds is 8. The molecule has 2 aromatic rings. The molecular weight excluding hydrogens is 412 g/mol. The molecule has 2 aromatic heterocycles. The Morgan fingerprint density at radius 1 is 1.35 bits per heavy atom. The molecular formula is C16H23ClN4O2S3. The van der Waals surface area contributed by atoms with Crippen molar-refractivity contribution in [2.24, 2.45) is 5.73 Å². The van der Waals surface area contributed by atoms with E-state index in [0.29, 0.717) is 18.1 Å². The summed E-state index contributed by atoms with van der Waals surface area (Å²) in [6.45, 7) is 3.98. The number of amides is 2. The van der Waals surface area contributed by atoms with Crippen LogP contribution in [0.3, 0.4) is 0 Å². The van der Waals surface area contributed by atoms with Crippen LogP contribution in [-0.4, -0.2) is 34.8 Å². The molecule has 0 spiro atoms. The summed E-state index contributed by atoms with van der Waals surface area (Å²) in [7, 11) is 0. The lowest BCUT2D eigenvalue weighted by Gasteiger charge is -2.09. The SMILES string of the molecule is CSCC[C@H](N)C(=O)Nc1nc(-c2ccc(CNC(C)=O)s2)c(C)s1.Cl. The van der Waals surface area contributed by atoms with Crippen molar-refractivity contribution in [3.63, 3.8) is 0 Å². The van der Waals surface area contributed by atoms with E-state index in [0.717, 1.165) is 26.1 Å². The number of carbonyl (C=O) groups is 2. The number of nitrogens with zero attached hydrogens (tertiary/aromatic N) is 1. The van der Waals surface area contributed by atoms with Crippen LogP contribution >= 0.6 is 46.8 Å². The normalized spacial score (nSPS) is 11.5. The van der Waals surface area contributed by atoms with Crippen molar-refractivity contribution in [2.75, 3.05) is 17.3 Å². The van der Waals surface area contributed by atoms with Crippen molar-refractivity contribution < 1.29 is 9.59 Å². The first-order valence-corrected chi connectivity index (χ1v) is 10.8. The van der Waals surface area contributed by atoms with Crippen LogP contribution < -0.4 is 16.4 Å². The van der Waals surface area contributed by atoms with Gasteiger partial charge in [0.25, 0.3) is 0 Å². The number of nitrogens with two attached hydrogens (primary N) is 1. The van der Waals surface area contributed by atoms with Gasteiger partial charge in [0.2, 0.25) is 11.8 Å². The van der Waals surface area contributed by atoms with Crippen LogP contribution in [0.4, 0.5) is 5.13 Å². The Hall–Kier alpha value is -1.13. The van der Waals surface area contributed by atoms with E-state index in [-0.39, 0.29) is 24.2 Å². The van der Waals surface area contributed by atoms with Crippen molar-refractivity contribution in [3.8, 4) is 10.6 Å². The van der Waals surface area contributed by atoms with Gasteiger partial charge in [0, 0.05) is 16.7 Å². The third-order valence-corrected chi connectivity index (χ3v) is 6.03. The Kier molecular flexibility index (Phi) is 9.59. The summed E-state index contributed by atoms with van der Waals surface area (Å²) in [5.74, 6) is 0.595. The first-order chi connectivity index (χ1) is 11.9. The third kappa shape index (κ3) is 6.55. The number of hydrogen-bond acceptors (Lipinski definition) is 7. The van der Waals surface area contributed by atoms with Gasteiger partial charge in [0.15, 0.2) is 5.13 Å². The molecule has 0 aromatic carbocycles. The van der Waals surface area contributed by atoms with Crippen molar-refractivity contribution in [3.05, 3.63) is 21.9 Å². The number of aromatic nitrogens is 1. The molecule has 0 radical (unpaired) electrons. The fourth-order valence-corrected chi connectivity index (χ4v) is 4.44. The third-order valence-electron chi connectivity index (χ3n) is 3.40. The van der Waals surface area contributed by atoms with Gasteiger partial charge in [-0.2, -0.15) is 11.8 Å². The number of nitrogens with one attached hydrogen (secondary N) is 2. The summed E-state index contributed by atoms with van der Waals surface area (Å²) in [6, 6.07) is 3.44. The highest BCUT2D eigenvalue weighted by Gasteiger charge is 2.17. The molecule has 144 valence electrons. The van der Waals surface area contributed by atoms with Crippen LogP contribution in [0.15, 0.2) is 12.1 Å². The molecule has 26 heavy (non-hydrogen) atoms. The molecule has 0 aliphatic rings. The van der Waals surface area contributed by atoms with Gasteiger partial charge in [-0.05, 0) is 37.5 Å². The van der Waals surface area contributed by atoms with Gasteiger partial charge in [0.1, 0.15) is 0 Å². The lowest BCUT2D eigenvalue weighted by atomic mass is 10.2. The number of hydrogen-bond donors (Lipinski definition) is 3. The molecule has 0 unspecified atom stereocenters. The van der Waals surface area contributed by atoms with E-state index in [1.807, 2.05) is 25.3 Å². The largest absolute Gasteiger partial charge is 0.351 e. The maximum Gasteiger partial charge on any atom is 0.243 e. The van der Waals surface area contributed by atoms with Crippen molar-refractivity contribution in [1.82, 2.24) is 10.3 Å². The van der Waals surface area contributed by atoms with Gasteiger partial charge in [-0.3, -0.25) is 9.59 Å². The topological polar surface area (TPSA) is 97.1 Å². The molecule has 0 saturated heterocycles.